The van der Waals surface area contributed by atoms with Gasteiger partial charge in [-0.05, 0) is 62.7 Å². The van der Waals surface area contributed by atoms with Crippen LogP contribution in [0, 0.1) is 12.7 Å². The summed E-state index contributed by atoms with van der Waals surface area (Å²) in [6, 6.07) is 12.2. The standard InChI is InChI=1S/C21H24FN3O2/c1-16-4-2-5-18(23-16)12-24-11-3-10-21(14-24)15-25(20(26)13-27-21)19-8-6-17(22)7-9-19/h2,4-9H,3,10-15H2,1H3. The third-order valence-electron chi connectivity index (χ3n) is 5.34. The Balaban J connectivity index is 1.49. The van der Waals surface area contributed by atoms with E-state index in [0.29, 0.717) is 6.54 Å². The van der Waals surface area contributed by atoms with Crippen molar-refractivity contribution in [3.63, 3.8) is 0 Å². The van der Waals surface area contributed by atoms with Crippen molar-refractivity contribution < 1.29 is 13.9 Å². The van der Waals surface area contributed by atoms with E-state index in [1.165, 1.54) is 12.1 Å². The third kappa shape index (κ3) is 4.01. The number of morpholine rings is 1. The van der Waals surface area contributed by atoms with Crippen LogP contribution >= 0.6 is 0 Å². The highest BCUT2D eigenvalue weighted by Crippen LogP contribution is 2.32. The average Bonchev–Trinajstić information content (AvgIpc) is 2.65. The van der Waals surface area contributed by atoms with E-state index in [9.17, 15) is 9.18 Å². The van der Waals surface area contributed by atoms with Crippen molar-refractivity contribution in [3.05, 3.63) is 59.7 Å². The average molecular weight is 369 g/mol. The van der Waals surface area contributed by atoms with Crippen LogP contribution in [0.5, 0.6) is 0 Å². The highest BCUT2D eigenvalue weighted by atomic mass is 19.1. The number of nitrogens with zero attached hydrogens (tertiary/aromatic N) is 3. The highest BCUT2D eigenvalue weighted by molar-refractivity contribution is 5.95. The summed E-state index contributed by atoms with van der Waals surface area (Å²) in [6.45, 7) is 5.08. The van der Waals surface area contributed by atoms with Gasteiger partial charge in [-0.3, -0.25) is 14.7 Å². The van der Waals surface area contributed by atoms with Crippen LogP contribution in [0.1, 0.15) is 24.2 Å². The Bertz CT molecular complexity index is 826. The summed E-state index contributed by atoms with van der Waals surface area (Å²) < 4.78 is 19.3. The number of rotatable bonds is 3. The fourth-order valence-corrected chi connectivity index (χ4v) is 4.06. The molecule has 0 radical (unpaired) electrons. The van der Waals surface area contributed by atoms with Gasteiger partial charge < -0.3 is 9.64 Å². The third-order valence-corrected chi connectivity index (χ3v) is 5.34. The lowest BCUT2D eigenvalue weighted by atomic mass is 9.90. The molecule has 1 spiro atoms. The maximum absolute atomic E-state index is 13.2. The molecule has 2 aliphatic heterocycles. The van der Waals surface area contributed by atoms with Gasteiger partial charge in [-0.15, -0.1) is 0 Å². The number of hydrogen-bond acceptors (Lipinski definition) is 4. The van der Waals surface area contributed by atoms with Gasteiger partial charge >= 0.3 is 0 Å². The Morgan fingerprint density at radius 1 is 1.19 bits per heavy atom. The number of benzene rings is 1. The first-order valence-corrected chi connectivity index (χ1v) is 9.38. The van der Waals surface area contributed by atoms with Gasteiger partial charge in [-0.2, -0.15) is 0 Å². The minimum Gasteiger partial charge on any atom is -0.362 e. The maximum Gasteiger partial charge on any atom is 0.253 e. The summed E-state index contributed by atoms with van der Waals surface area (Å²) in [5.74, 6) is -0.381. The maximum atomic E-state index is 13.2. The van der Waals surface area contributed by atoms with Gasteiger partial charge in [0.05, 0.1) is 17.8 Å². The molecule has 1 unspecified atom stereocenters. The van der Waals surface area contributed by atoms with Crippen LogP contribution in [0.25, 0.3) is 0 Å². The molecule has 6 heteroatoms. The molecule has 1 aromatic heterocycles. The van der Waals surface area contributed by atoms with Crippen molar-refractivity contribution in [3.8, 4) is 0 Å². The minimum absolute atomic E-state index is 0.0634. The lowest BCUT2D eigenvalue weighted by Crippen LogP contribution is -2.61. The number of amides is 1. The zero-order chi connectivity index (χ0) is 18.9. The molecule has 0 N–H and O–H groups in total. The van der Waals surface area contributed by atoms with Crippen LogP contribution in [-0.4, -0.2) is 47.6 Å². The second-order valence-corrected chi connectivity index (χ2v) is 7.51. The molecule has 27 heavy (non-hydrogen) atoms. The summed E-state index contributed by atoms with van der Waals surface area (Å²) in [4.78, 5) is 21.1. The van der Waals surface area contributed by atoms with E-state index >= 15 is 0 Å². The minimum atomic E-state index is -0.385. The number of anilines is 1. The summed E-state index contributed by atoms with van der Waals surface area (Å²) in [6.07, 6.45) is 1.92. The highest BCUT2D eigenvalue weighted by Gasteiger charge is 2.43. The number of carbonyl (C=O) groups is 1. The van der Waals surface area contributed by atoms with E-state index in [1.54, 1.807) is 17.0 Å². The molecule has 4 rings (SSSR count). The number of piperidine rings is 1. The Labute approximate surface area is 158 Å². The fraction of sp³-hybridized carbons (Fsp3) is 0.429. The number of ether oxygens (including phenoxy) is 1. The van der Waals surface area contributed by atoms with Crippen LogP contribution in [-0.2, 0) is 16.1 Å². The lowest BCUT2D eigenvalue weighted by Gasteiger charge is -2.47. The first kappa shape index (κ1) is 18.1. The molecule has 2 aromatic rings. The molecule has 0 saturated carbocycles. The Kier molecular flexibility index (Phi) is 4.93. The molecule has 2 fully saturated rings. The molecular weight excluding hydrogens is 345 g/mol. The van der Waals surface area contributed by atoms with E-state index in [2.05, 4.69) is 9.88 Å². The zero-order valence-electron chi connectivity index (χ0n) is 15.5. The van der Waals surface area contributed by atoms with E-state index in [-0.39, 0.29) is 23.9 Å². The largest absolute Gasteiger partial charge is 0.362 e. The number of carbonyl (C=O) groups excluding carboxylic acids is 1. The zero-order valence-corrected chi connectivity index (χ0v) is 15.5. The Morgan fingerprint density at radius 2 is 2.00 bits per heavy atom. The molecule has 1 amide bonds. The normalized spacial score (nSPS) is 23.8. The quantitative estimate of drug-likeness (QED) is 0.835. The van der Waals surface area contributed by atoms with E-state index < -0.39 is 0 Å². The SMILES string of the molecule is Cc1cccc(CN2CCCC3(C2)CN(c2ccc(F)cc2)C(=O)CO3)n1. The summed E-state index contributed by atoms with van der Waals surface area (Å²) in [5, 5.41) is 0. The molecule has 1 atom stereocenters. The number of pyridine rings is 1. The van der Waals surface area contributed by atoms with E-state index in [4.69, 9.17) is 4.74 Å². The molecule has 3 heterocycles. The van der Waals surface area contributed by atoms with Crippen LogP contribution in [0.15, 0.2) is 42.5 Å². The van der Waals surface area contributed by atoms with Gasteiger partial charge in [-0.25, -0.2) is 4.39 Å². The van der Waals surface area contributed by atoms with E-state index in [0.717, 1.165) is 49.6 Å². The van der Waals surface area contributed by atoms with Crippen LogP contribution in [0.3, 0.4) is 0 Å². The Hall–Kier alpha value is -2.31. The van der Waals surface area contributed by atoms with Crippen molar-refractivity contribution in [1.29, 1.82) is 0 Å². The first-order chi connectivity index (χ1) is 13.0. The van der Waals surface area contributed by atoms with Gasteiger partial charge in [0.2, 0.25) is 0 Å². The second kappa shape index (κ2) is 7.37. The predicted molar refractivity (Wildman–Crippen MR) is 101 cm³/mol. The summed E-state index contributed by atoms with van der Waals surface area (Å²) in [5.41, 5.74) is 2.40. The van der Waals surface area contributed by atoms with Gasteiger partial charge in [0.1, 0.15) is 12.4 Å². The van der Waals surface area contributed by atoms with Gasteiger partial charge in [-0.1, -0.05) is 6.07 Å². The van der Waals surface area contributed by atoms with Gasteiger partial charge in [0, 0.05) is 24.5 Å². The lowest BCUT2D eigenvalue weighted by molar-refractivity contribution is -0.146. The second-order valence-electron chi connectivity index (χ2n) is 7.51. The van der Waals surface area contributed by atoms with Crippen LogP contribution < -0.4 is 4.90 Å². The summed E-state index contributed by atoms with van der Waals surface area (Å²) in [7, 11) is 0. The first-order valence-electron chi connectivity index (χ1n) is 9.38. The monoisotopic (exact) mass is 369 g/mol. The predicted octanol–water partition coefficient (Wildman–Crippen LogP) is 2.93. The molecule has 1 aromatic carbocycles. The van der Waals surface area contributed by atoms with Crippen molar-refractivity contribution in [2.45, 2.75) is 31.9 Å². The van der Waals surface area contributed by atoms with Crippen molar-refractivity contribution in [1.82, 2.24) is 9.88 Å². The molecule has 2 saturated heterocycles. The fourth-order valence-electron chi connectivity index (χ4n) is 4.06. The summed E-state index contributed by atoms with van der Waals surface area (Å²) >= 11 is 0. The molecule has 0 aliphatic carbocycles. The number of aromatic nitrogens is 1. The molecular formula is C21H24FN3O2. The Morgan fingerprint density at radius 3 is 2.78 bits per heavy atom. The number of hydrogen-bond donors (Lipinski definition) is 0. The van der Waals surface area contributed by atoms with Crippen LogP contribution in [0.2, 0.25) is 0 Å². The van der Waals surface area contributed by atoms with Gasteiger partial charge in [0.15, 0.2) is 0 Å². The molecule has 0 bridgehead atoms. The molecule has 2 aliphatic rings. The molecule has 142 valence electrons. The smallest absolute Gasteiger partial charge is 0.253 e. The molecule has 5 nitrogen and oxygen atoms in total. The number of halogens is 1. The number of likely N-dealkylation sites (tertiary alicyclic amines) is 1. The van der Waals surface area contributed by atoms with Gasteiger partial charge in [0.25, 0.3) is 5.91 Å². The van der Waals surface area contributed by atoms with Crippen molar-refractivity contribution in [2.24, 2.45) is 0 Å². The van der Waals surface area contributed by atoms with Crippen molar-refractivity contribution in [2.75, 3.05) is 31.1 Å². The van der Waals surface area contributed by atoms with E-state index in [1.807, 2.05) is 25.1 Å². The number of aryl methyl sites for hydroxylation is 1. The van der Waals surface area contributed by atoms with Crippen molar-refractivity contribution >= 4 is 11.6 Å². The van der Waals surface area contributed by atoms with Crippen LogP contribution in [0.4, 0.5) is 10.1 Å². The topological polar surface area (TPSA) is 45.7 Å².